The number of thioether (sulfide) groups is 1. The highest BCUT2D eigenvalue weighted by Crippen LogP contribution is 2.44. The molecule has 3 unspecified atom stereocenters. The van der Waals surface area contributed by atoms with Crippen LogP contribution >= 0.6 is 11.8 Å². The van der Waals surface area contributed by atoms with Crippen molar-refractivity contribution in [3.8, 4) is 0 Å². The molecule has 108 valence electrons. The highest BCUT2D eigenvalue weighted by Gasteiger charge is 2.36. The summed E-state index contributed by atoms with van der Waals surface area (Å²) in [6.45, 7) is 7.11. The van der Waals surface area contributed by atoms with Crippen LogP contribution in [0.25, 0.3) is 0 Å². The maximum absolute atomic E-state index is 6.33. The Labute approximate surface area is 121 Å². The lowest BCUT2D eigenvalue weighted by Gasteiger charge is -2.41. The second-order valence-corrected chi connectivity index (χ2v) is 7.83. The van der Waals surface area contributed by atoms with E-state index >= 15 is 0 Å². The number of aryl methyl sites for hydroxylation is 1. The molecule has 0 aliphatic heterocycles. The molecule has 0 amide bonds. The zero-order chi connectivity index (χ0) is 14.0. The highest BCUT2D eigenvalue weighted by atomic mass is 32.2. The molecular weight excluding hydrogens is 254 g/mol. The van der Waals surface area contributed by atoms with Gasteiger partial charge in [0, 0.05) is 29.4 Å². The highest BCUT2D eigenvalue weighted by molar-refractivity contribution is 8.00. The van der Waals surface area contributed by atoms with Crippen molar-refractivity contribution in [2.24, 2.45) is 24.1 Å². The third-order valence-corrected chi connectivity index (χ3v) is 6.16. The van der Waals surface area contributed by atoms with Gasteiger partial charge in [0.15, 0.2) is 0 Å². The zero-order valence-electron chi connectivity index (χ0n) is 12.6. The molecule has 4 heteroatoms. The monoisotopic (exact) mass is 281 g/mol. The van der Waals surface area contributed by atoms with E-state index in [0.717, 1.165) is 12.3 Å². The van der Waals surface area contributed by atoms with E-state index in [0.29, 0.717) is 16.7 Å². The Balaban J connectivity index is 2.02. The SMILES string of the molecule is CCC(C)(C)C1CCC(N)C(Sc2cnn(C)c2)C1. The molecule has 0 spiro atoms. The third kappa shape index (κ3) is 3.54. The molecular formula is C15H27N3S. The maximum atomic E-state index is 6.33. The van der Waals surface area contributed by atoms with Crippen LogP contribution in [0.5, 0.6) is 0 Å². The van der Waals surface area contributed by atoms with Gasteiger partial charge < -0.3 is 5.73 Å². The lowest BCUT2D eigenvalue weighted by Crippen LogP contribution is -2.42. The molecule has 1 saturated carbocycles. The Morgan fingerprint density at radius 1 is 1.47 bits per heavy atom. The minimum Gasteiger partial charge on any atom is -0.327 e. The van der Waals surface area contributed by atoms with Crippen LogP contribution in [0.4, 0.5) is 0 Å². The Hall–Kier alpha value is -0.480. The second-order valence-electron chi connectivity index (χ2n) is 6.52. The van der Waals surface area contributed by atoms with E-state index in [1.54, 1.807) is 0 Å². The van der Waals surface area contributed by atoms with E-state index in [9.17, 15) is 0 Å². The predicted octanol–water partition coefficient (Wildman–Crippen LogP) is 3.44. The van der Waals surface area contributed by atoms with E-state index in [-0.39, 0.29) is 0 Å². The number of hydrogen-bond donors (Lipinski definition) is 1. The van der Waals surface area contributed by atoms with Gasteiger partial charge in [-0.2, -0.15) is 5.10 Å². The van der Waals surface area contributed by atoms with E-state index in [1.165, 1.54) is 24.2 Å². The first-order valence-corrected chi connectivity index (χ1v) is 8.21. The largest absolute Gasteiger partial charge is 0.327 e. The van der Waals surface area contributed by atoms with Crippen molar-refractivity contribution in [3.63, 3.8) is 0 Å². The lowest BCUT2D eigenvalue weighted by atomic mass is 9.69. The first kappa shape index (κ1) is 14.9. The molecule has 3 nitrogen and oxygen atoms in total. The van der Waals surface area contributed by atoms with E-state index in [4.69, 9.17) is 5.73 Å². The van der Waals surface area contributed by atoms with Gasteiger partial charge in [-0.3, -0.25) is 4.68 Å². The summed E-state index contributed by atoms with van der Waals surface area (Å²) in [6, 6.07) is 0.328. The maximum Gasteiger partial charge on any atom is 0.0625 e. The van der Waals surface area contributed by atoms with Crippen molar-refractivity contribution in [3.05, 3.63) is 12.4 Å². The first-order valence-electron chi connectivity index (χ1n) is 7.33. The molecule has 1 heterocycles. The van der Waals surface area contributed by atoms with Crippen LogP contribution < -0.4 is 5.73 Å². The summed E-state index contributed by atoms with van der Waals surface area (Å²) in [6.07, 6.45) is 8.97. The molecule has 0 bridgehead atoms. The topological polar surface area (TPSA) is 43.8 Å². The quantitative estimate of drug-likeness (QED) is 0.919. The number of hydrogen-bond acceptors (Lipinski definition) is 3. The standard InChI is InChI=1S/C15H27N3S/c1-5-15(2,3)11-6-7-13(16)14(8-11)19-12-9-17-18(4)10-12/h9-11,13-14H,5-8,16H2,1-4H3. The van der Waals surface area contributed by atoms with Gasteiger partial charge in [0.25, 0.3) is 0 Å². The van der Waals surface area contributed by atoms with E-state index < -0.39 is 0 Å². The summed E-state index contributed by atoms with van der Waals surface area (Å²) >= 11 is 1.92. The molecule has 2 N–H and O–H groups in total. The van der Waals surface area contributed by atoms with Crippen LogP contribution in [0.2, 0.25) is 0 Å². The fraction of sp³-hybridized carbons (Fsp3) is 0.800. The van der Waals surface area contributed by atoms with Gasteiger partial charge in [-0.1, -0.05) is 27.2 Å². The van der Waals surface area contributed by atoms with Crippen molar-refractivity contribution in [1.29, 1.82) is 0 Å². The van der Waals surface area contributed by atoms with E-state index in [2.05, 4.69) is 32.1 Å². The van der Waals surface area contributed by atoms with Crippen molar-refractivity contribution < 1.29 is 0 Å². The van der Waals surface area contributed by atoms with Crippen molar-refractivity contribution in [2.45, 2.75) is 62.6 Å². The van der Waals surface area contributed by atoms with Crippen LogP contribution in [0, 0.1) is 11.3 Å². The van der Waals surface area contributed by atoms with Crippen molar-refractivity contribution in [1.82, 2.24) is 9.78 Å². The minimum atomic E-state index is 0.328. The van der Waals surface area contributed by atoms with Gasteiger partial charge in [0.2, 0.25) is 0 Å². The smallest absolute Gasteiger partial charge is 0.0625 e. The van der Waals surface area contributed by atoms with Gasteiger partial charge in [0.05, 0.1) is 6.20 Å². The summed E-state index contributed by atoms with van der Waals surface area (Å²) in [5.74, 6) is 0.798. The molecule has 2 rings (SSSR count). The second kappa shape index (κ2) is 5.88. The fourth-order valence-corrected chi connectivity index (χ4v) is 4.23. The molecule has 3 atom stereocenters. The van der Waals surface area contributed by atoms with Gasteiger partial charge >= 0.3 is 0 Å². The van der Waals surface area contributed by atoms with Gasteiger partial charge in [-0.15, -0.1) is 11.8 Å². The van der Waals surface area contributed by atoms with Gasteiger partial charge in [-0.05, 0) is 30.6 Å². The number of nitrogens with two attached hydrogens (primary N) is 1. The minimum absolute atomic E-state index is 0.328. The third-order valence-electron chi connectivity index (χ3n) is 4.83. The molecule has 0 aromatic carbocycles. The molecule has 0 radical (unpaired) electrons. The first-order chi connectivity index (χ1) is 8.92. The molecule has 0 saturated heterocycles. The number of aromatic nitrogens is 2. The van der Waals surface area contributed by atoms with E-state index in [1.807, 2.05) is 29.7 Å². The Bertz CT molecular complexity index is 413. The van der Waals surface area contributed by atoms with Crippen molar-refractivity contribution >= 4 is 11.8 Å². The molecule has 1 aliphatic rings. The average Bonchev–Trinajstić information content (AvgIpc) is 2.77. The molecule has 1 aromatic rings. The Morgan fingerprint density at radius 2 is 2.21 bits per heavy atom. The van der Waals surface area contributed by atoms with Crippen LogP contribution in [0.1, 0.15) is 46.5 Å². The average molecular weight is 281 g/mol. The number of rotatable bonds is 4. The summed E-state index contributed by atoms with van der Waals surface area (Å²) in [4.78, 5) is 1.25. The van der Waals surface area contributed by atoms with Crippen molar-refractivity contribution in [2.75, 3.05) is 0 Å². The molecule has 1 fully saturated rings. The van der Waals surface area contributed by atoms with Crippen LogP contribution in [-0.4, -0.2) is 21.1 Å². The lowest BCUT2D eigenvalue weighted by molar-refractivity contribution is 0.148. The Kier molecular flexibility index (Phi) is 4.62. The van der Waals surface area contributed by atoms with Crippen LogP contribution in [0.3, 0.4) is 0 Å². The van der Waals surface area contributed by atoms with Crippen LogP contribution in [-0.2, 0) is 7.05 Å². The molecule has 1 aliphatic carbocycles. The normalized spacial score (nSPS) is 28.6. The van der Waals surface area contributed by atoms with Gasteiger partial charge in [-0.25, -0.2) is 0 Å². The summed E-state index contributed by atoms with van der Waals surface area (Å²) in [5, 5.41) is 4.78. The zero-order valence-corrected chi connectivity index (χ0v) is 13.4. The predicted molar refractivity (Wildman–Crippen MR) is 82.2 cm³/mol. The molecule has 1 aromatic heterocycles. The van der Waals surface area contributed by atoms with Gasteiger partial charge in [0.1, 0.15) is 0 Å². The summed E-state index contributed by atoms with van der Waals surface area (Å²) in [5.41, 5.74) is 6.77. The fourth-order valence-electron chi connectivity index (χ4n) is 2.92. The summed E-state index contributed by atoms with van der Waals surface area (Å²) in [7, 11) is 1.97. The Morgan fingerprint density at radius 3 is 2.79 bits per heavy atom. The molecule has 19 heavy (non-hydrogen) atoms. The number of nitrogens with zero attached hydrogens (tertiary/aromatic N) is 2. The van der Waals surface area contributed by atoms with Crippen LogP contribution in [0.15, 0.2) is 17.3 Å². The summed E-state index contributed by atoms with van der Waals surface area (Å²) < 4.78 is 1.87.